The zero-order valence-electron chi connectivity index (χ0n) is 10.8. The zero-order chi connectivity index (χ0) is 13.7. The standard InChI is InChI=1S/C12H18F3NO2/c1-7-4-8(7)10(17)16-5-9(12(13,14)15)18-11(2,3)6-16/h7-9H,4-6H2,1-3H3. The molecule has 0 aromatic heterocycles. The summed E-state index contributed by atoms with van der Waals surface area (Å²) in [5.41, 5.74) is -0.952. The maximum atomic E-state index is 12.8. The minimum Gasteiger partial charge on any atom is -0.359 e. The summed E-state index contributed by atoms with van der Waals surface area (Å²) in [6, 6.07) is 0. The van der Waals surface area contributed by atoms with E-state index >= 15 is 0 Å². The van der Waals surface area contributed by atoms with Crippen molar-refractivity contribution in [1.82, 2.24) is 4.90 Å². The normalized spacial score (nSPS) is 35.4. The van der Waals surface area contributed by atoms with Crippen molar-refractivity contribution in [2.45, 2.75) is 45.1 Å². The maximum Gasteiger partial charge on any atom is 0.416 e. The highest BCUT2D eigenvalue weighted by Crippen LogP contribution is 2.41. The highest BCUT2D eigenvalue weighted by molar-refractivity contribution is 5.81. The van der Waals surface area contributed by atoms with Crippen LogP contribution < -0.4 is 0 Å². The van der Waals surface area contributed by atoms with Gasteiger partial charge < -0.3 is 9.64 Å². The molecule has 2 fully saturated rings. The molecule has 1 saturated carbocycles. The first-order chi connectivity index (χ1) is 8.10. The molecule has 1 amide bonds. The van der Waals surface area contributed by atoms with E-state index in [-0.39, 0.29) is 24.9 Å². The summed E-state index contributed by atoms with van der Waals surface area (Å²) in [5, 5.41) is 0. The van der Waals surface area contributed by atoms with Gasteiger partial charge >= 0.3 is 6.18 Å². The van der Waals surface area contributed by atoms with Crippen LogP contribution in [-0.2, 0) is 9.53 Å². The molecule has 6 heteroatoms. The molecule has 3 nitrogen and oxygen atoms in total. The molecule has 1 aliphatic heterocycles. The van der Waals surface area contributed by atoms with Crippen LogP contribution in [0.4, 0.5) is 13.2 Å². The van der Waals surface area contributed by atoms with Crippen LogP contribution in [0.2, 0.25) is 0 Å². The first kappa shape index (κ1) is 13.6. The van der Waals surface area contributed by atoms with Gasteiger partial charge in [0.15, 0.2) is 6.10 Å². The number of hydrogen-bond acceptors (Lipinski definition) is 2. The van der Waals surface area contributed by atoms with Crippen LogP contribution in [0.3, 0.4) is 0 Å². The molecule has 0 aromatic rings. The third kappa shape index (κ3) is 2.79. The molecule has 2 rings (SSSR count). The van der Waals surface area contributed by atoms with Gasteiger partial charge in [-0.2, -0.15) is 13.2 Å². The number of rotatable bonds is 1. The Morgan fingerprint density at radius 3 is 2.39 bits per heavy atom. The van der Waals surface area contributed by atoms with Gasteiger partial charge in [0.1, 0.15) is 0 Å². The summed E-state index contributed by atoms with van der Waals surface area (Å²) >= 11 is 0. The average molecular weight is 265 g/mol. The monoisotopic (exact) mass is 265 g/mol. The number of ether oxygens (including phenoxy) is 1. The van der Waals surface area contributed by atoms with Crippen LogP contribution in [0.5, 0.6) is 0 Å². The van der Waals surface area contributed by atoms with Crippen LogP contribution in [-0.4, -0.2) is 41.8 Å². The molecule has 2 aliphatic rings. The molecule has 3 atom stereocenters. The third-order valence-electron chi connectivity index (χ3n) is 3.52. The quantitative estimate of drug-likeness (QED) is 0.727. The molecule has 0 spiro atoms. The summed E-state index contributed by atoms with van der Waals surface area (Å²) < 4.78 is 43.3. The number of carbonyl (C=O) groups excluding carboxylic acids is 1. The number of nitrogens with zero attached hydrogens (tertiary/aromatic N) is 1. The Balaban J connectivity index is 2.09. The predicted octanol–water partition coefficient (Wildman–Crippen LogP) is 2.21. The van der Waals surface area contributed by atoms with Crippen molar-refractivity contribution in [3.63, 3.8) is 0 Å². The summed E-state index contributed by atoms with van der Waals surface area (Å²) in [6.07, 6.45) is -5.52. The second-order valence-corrected chi connectivity index (χ2v) is 5.95. The number of amides is 1. The molecule has 0 bridgehead atoms. The number of halogens is 3. The van der Waals surface area contributed by atoms with Crippen molar-refractivity contribution in [2.75, 3.05) is 13.1 Å². The Bertz CT molecular complexity index is 354. The van der Waals surface area contributed by atoms with E-state index < -0.39 is 17.9 Å². The highest BCUT2D eigenvalue weighted by atomic mass is 19.4. The van der Waals surface area contributed by atoms with Crippen molar-refractivity contribution < 1.29 is 22.7 Å². The van der Waals surface area contributed by atoms with Gasteiger partial charge in [0, 0.05) is 12.5 Å². The number of morpholine rings is 1. The second kappa shape index (κ2) is 4.11. The van der Waals surface area contributed by atoms with Crippen LogP contribution in [0.1, 0.15) is 27.2 Å². The van der Waals surface area contributed by atoms with E-state index in [2.05, 4.69) is 0 Å². The van der Waals surface area contributed by atoms with Gasteiger partial charge in [0.2, 0.25) is 5.91 Å². The Kier molecular flexibility index (Phi) is 3.12. The van der Waals surface area contributed by atoms with E-state index in [1.54, 1.807) is 13.8 Å². The highest BCUT2D eigenvalue weighted by Gasteiger charge is 2.51. The summed E-state index contributed by atoms with van der Waals surface area (Å²) in [4.78, 5) is 13.3. The zero-order valence-corrected chi connectivity index (χ0v) is 10.8. The van der Waals surface area contributed by atoms with Gasteiger partial charge in [0.25, 0.3) is 0 Å². The number of hydrogen-bond donors (Lipinski definition) is 0. The van der Waals surface area contributed by atoms with Crippen LogP contribution in [0.15, 0.2) is 0 Å². The molecule has 18 heavy (non-hydrogen) atoms. The van der Waals surface area contributed by atoms with E-state index in [0.717, 1.165) is 6.42 Å². The molecule has 3 unspecified atom stereocenters. The van der Waals surface area contributed by atoms with Gasteiger partial charge in [-0.1, -0.05) is 6.92 Å². The molecule has 1 heterocycles. The SMILES string of the molecule is CC1CC1C(=O)N1CC(C(F)(F)F)OC(C)(C)C1. The first-order valence-corrected chi connectivity index (χ1v) is 6.13. The Morgan fingerprint density at radius 2 is 1.94 bits per heavy atom. The Hall–Kier alpha value is -0.780. The largest absolute Gasteiger partial charge is 0.416 e. The van der Waals surface area contributed by atoms with E-state index in [9.17, 15) is 18.0 Å². The van der Waals surface area contributed by atoms with Gasteiger partial charge in [-0.05, 0) is 26.2 Å². The van der Waals surface area contributed by atoms with Crippen LogP contribution in [0, 0.1) is 11.8 Å². The summed E-state index contributed by atoms with van der Waals surface area (Å²) in [7, 11) is 0. The second-order valence-electron chi connectivity index (χ2n) is 5.95. The molecule has 1 saturated heterocycles. The molecule has 104 valence electrons. The van der Waals surface area contributed by atoms with Crippen molar-refractivity contribution in [3.8, 4) is 0 Å². The fourth-order valence-electron chi connectivity index (χ4n) is 2.42. The molecule has 0 N–H and O–H groups in total. The van der Waals surface area contributed by atoms with E-state index in [0.29, 0.717) is 5.92 Å². The molecule has 0 radical (unpaired) electrons. The number of carbonyl (C=O) groups is 1. The lowest BCUT2D eigenvalue weighted by atomic mass is 10.0. The summed E-state index contributed by atoms with van der Waals surface area (Å²) in [5.74, 6) is 0.0497. The van der Waals surface area contributed by atoms with E-state index in [4.69, 9.17) is 4.74 Å². The fraction of sp³-hybridized carbons (Fsp3) is 0.917. The molecular weight excluding hydrogens is 247 g/mol. The van der Waals surface area contributed by atoms with Gasteiger partial charge in [0.05, 0.1) is 12.1 Å². The maximum absolute atomic E-state index is 12.8. The minimum absolute atomic E-state index is 0.0900. The van der Waals surface area contributed by atoms with E-state index in [1.807, 2.05) is 6.92 Å². The van der Waals surface area contributed by atoms with Gasteiger partial charge in [-0.15, -0.1) is 0 Å². The van der Waals surface area contributed by atoms with E-state index in [1.165, 1.54) is 4.90 Å². The number of alkyl halides is 3. The Morgan fingerprint density at radius 1 is 1.39 bits per heavy atom. The van der Waals surface area contributed by atoms with Gasteiger partial charge in [-0.3, -0.25) is 4.79 Å². The third-order valence-corrected chi connectivity index (χ3v) is 3.52. The lowest BCUT2D eigenvalue weighted by Crippen LogP contribution is -2.58. The average Bonchev–Trinajstić information content (AvgIpc) is 2.90. The first-order valence-electron chi connectivity index (χ1n) is 6.13. The summed E-state index contributed by atoms with van der Waals surface area (Å²) in [6.45, 7) is 4.95. The van der Waals surface area contributed by atoms with Crippen molar-refractivity contribution in [2.24, 2.45) is 11.8 Å². The fourth-order valence-corrected chi connectivity index (χ4v) is 2.42. The van der Waals surface area contributed by atoms with Crippen LogP contribution >= 0.6 is 0 Å². The van der Waals surface area contributed by atoms with Crippen molar-refractivity contribution in [1.29, 1.82) is 0 Å². The Labute approximate surface area is 104 Å². The van der Waals surface area contributed by atoms with Crippen molar-refractivity contribution >= 4 is 5.91 Å². The topological polar surface area (TPSA) is 29.5 Å². The lowest BCUT2D eigenvalue weighted by molar-refractivity contribution is -0.270. The lowest BCUT2D eigenvalue weighted by Gasteiger charge is -2.43. The molecule has 1 aliphatic carbocycles. The van der Waals surface area contributed by atoms with Gasteiger partial charge in [-0.25, -0.2) is 0 Å². The smallest absolute Gasteiger partial charge is 0.359 e. The molecule has 0 aromatic carbocycles. The van der Waals surface area contributed by atoms with Crippen molar-refractivity contribution in [3.05, 3.63) is 0 Å². The molecular formula is C12H18F3NO2. The minimum atomic E-state index is -4.43. The predicted molar refractivity (Wildman–Crippen MR) is 58.9 cm³/mol. The van der Waals surface area contributed by atoms with Crippen LogP contribution in [0.25, 0.3) is 0 Å².